The van der Waals surface area contributed by atoms with Gasteiger partial charge < -0.3 is 10.5 Å². The Labute approximate surface area is 90.1 Å². The van der Waals surface area contributed by atoms with Crippen LogP contribution in [0, 0.1) is 0 Å². The van der Waals surface area contributed by atoms with Crippen molar-refractivity contribution in [2.24, 2.45) is 11.6 Å². The molecule has 0 saturated heterocycles. The number of carbonyl (C=O) groups is 1. The van der Waals surface area contributed by atoms with Gasteiger partial charge in [0.25, 0.3) is 6.47 Å². The van der Waals surface area contributed by atoms with Crippen LogP contribution in [0.3, 0.4) is 0 Å². The van der Waals surface area contributed by atoms with Gasteiger partial charge in [0.15, 0.2) is 0 Å². The zero-order valence-corrected chi connectivity index (χ0v) is 9.69. The third-order valence-corrected chi connectivity index (χ3v) is 1.12. The highest BCUT2D eigenvalue weighted by molar-refractivity contribution is 7.80. The molecule has 0 saturated carbocycles. The summed E-state index contributed by atoms with van der Waals surface area (Å²) < 4.78 is 4.55. The highest BCUT2D eigenvalue weighted by Gasteiger charge is 2.07. The van der Waals surface area contributed by atoms with Crippen molar-refractivity contribution in [3.63, 3.8) is 0 Å². The van der Waals surface area contributed by atoms with E-state index in [1.807, 2.05) is 20.8 Å². The molecule has 14 heavy (non-hydrogen) atoms. The van der Waals surface area contributed by atoms with E-state index >= 15 is 0 Å². The standard InChI is InChI=1S/C5H10O2.C3H9N3S/c1-5(2,3)7-4-6;4-3(7)1-2-6-5/h4H,1-3H3;6H,1-2,5H2,(H2,4,7). The number of thiocarbonyl (C=S) groups is 1. The molecule has 5 nitrogen and oxygen atoms in total. The van der Waals surface area contributed by atoms with Gasteiger partial charge in [-0.25, -0.2) is 0 Å². The van der Waals surface area contributed by atoms with Crippen LogP contribution < -0.4 is 17.0 Å². The molecule has 6 heteroatoms. The van der Waals surface area contributed by atoms with Crippen molar-refractivity contribution < 1.29 is 9.53 Å². The Morgan fingerprint density at radius 2 is 2.07 bits per heavy atom. The van der Waals surface area contributed by atoms with E-state index in [0.717, 1.165) is 0 Å². The van der Waals surface area contributed by atoms with Crippen molar-refractivity contribution in [1.82, 2.24) is 5.43 Å². The fourth-order valence-electron chi connectivity index (χ4n) is 0.340. The molecule has 0 aliphatic carbocycles. The Hall–Kier alpha value is -0.720. The summed E-state index contributed by atoms with van der Waals surface area (Å²) in [5, 5.41) is 0. The molecular weight excluding hydrogens is 202 g/mol. The first-order chi connectivity index (χ1) is 6.33. The van der Waals surface area contributed by atoms with E-state index in [-0.39, 0.29) is 5.60 Å². The third kappa shape index (κ3) is 22.5. The van der Waals surface area contributed by atoms with Gasteiger partial charge >= 0.3 is 0 Å². The molecule has 0 aromatic rings. The maximum absolute atomic E-state index is 9.60. The molecular formula is C8H19N3O2S. The van der Waals surface area contributed by atoms with Gasteiger partial charge in [0.05, 0.1) is 4.99 Å². The third-order valence-electron chi connectivity index (χ3n) is 0.917. The molecule has 0 aliphatic heterocycles. The zero-order valence-electron chi connectivity index (χ0n) is 8.87. The van der Waals surface area contributed by atoms with Gasteiger partial charge in [-0.05, 0) is 20.8 Å². The Kier molecular flexibility index (Phi) is 9.96. The number of hydrogen-bond acceptors (Lipinski definition) is 5. The Morgan fingerprint density at radius 3 is 2.14 bits per heavy atom. The summed E-state index contributed by atoms with van der Waals surface area (Å²) in [5.41, 5.74) is 7.23. The van der Waals surface area contributed by atoms with E-state index in [1.54, 1.807) is 0 Å². The number of ether oxygens (including phenoxy) is 1. The second-order valence-corrected chi connectivity index (χ2v) is 4.02. The van der Waals surface area contributed by atoms with Crippen LogP contribution in [0.2, 0.25) is 0 Å². The number of hydrogen-bond donors (Lipinski definition) is 3. The summed E-state index contributed by atoms with van der Waals surface area (Å²) in [6.07, 6.45) is 0.672. The predicted octanol–water partition coefficient (Wildman–Crippen LogP) is 0.0838. The first kappa shape index (κ1) is 15.7. The summed E-state index contributed by atoms with van der Waals surface area (Å²) in [5.74, 6) is 4.91. The van der Waals surface area contributed by atoms with E-state index in [4.69, 9.17) is 11.6 Å². The number of carbonyl (C=O) groups excluding carboxylic acids is 1. The maximum atomic E-state index is 9.60. The van der Waals surface area contributed by atoms with Crippen molar-refractivity contribution in [1.29, 1.82) is 0 Å². The SMILES string of the molecule is CC(C)(C)OC=O.NNCCC(N)=S. The normalized spacial score (nSPS) is 9.71. The molecule has 5 N–H and O–H groups in total. The Morgan fingerprint density at radius 1 is 1.57 bits per heavy atom. The van der Waals surface area contributed by atoms with Crippen molar-refractivity contribution in [3.8, 4) is 0 Å². The van der Waals surface area contributed by atoms with E-state index < -0.39 is 0 Å². The fraction of sp³-hybridized carbons (Fsp3) is 0.750. The lowest BCUT2D eigenvalue weighted by atomic mass is 10.2. The zero-order chi connectivity index (χ0) is 11.6. The molecule has 0 amide bonds. The minimum atomic E-state index is -0.318. The summed E-state index contributed by atoms with van der Waals surface area (Å²) in [4.78, 5) is 10.1. The van der Waals surface area contributed by atoms with Crippen molar-refractivity contribution in [3.05, 3.63) is 0 Å². The van der Waals surface area contributed by atoms with Crippen LogP contribution in [0.1, 0.15) is 27.2 Å². The number of nitrogens with two attached hydrogens (primary N) is 2. The lowest BCUT2D eigenvalue weighted by Crippen LogP contribution is -2.26. The highest BCUT2D eigenvalue weighted by atomic mass is 32.1. The molecule has 0 aromatic carbocycles. The van der Waals surface area contributed by atoms with Crippen LogP contribution in [0.25, 0.3) is 0 Å². The fourth-order valence-corrected chi connectivity index (χ4v) is 0.442. The van der Waals surface area contributed by atoms with Gasteiger partial charge in [-0.1, -0.05) is 12.2 Å². The van der Waals surface area contributed by atoms with Gasteiger partial charge in [0.1, 0.15) is 5.60 Å². The van der Waals surface area contributed by atoms with Gasteiger partial charge in [-0.15, -0.1) is 0 Å². The molecule has 0 fully saturated rings. The summed E-state index contributed by atoms with van der Waals surface area (Å²) in [7, 11) is 0. The van der Waals surface area contributed by atoms with E-state index in [9.17, 15) is 4.79 Å². The lowest BCUT2D eigenvalue weighted by molar-refractivity contribution is -0.138. The Balaban J connectivity index is 0. The molecule has 0 radical (unpaired) electrons. The second-order valence-electron chi connectivity index (χ2n) is 3.50. The Bertz CT molecular complexity index is 168. The van der Waals surface area contributed by atoms with Crippen molar-refractivity contribution in [2.45, 2.75) is 32.8 Å². The monoisotopic (exact) mass is 221 g/mol. The number of rotatable bonds is 4. The highest BCUT2D eigenvalue weighted by Crippen LogP contribution is 2.02. The van der Waals surface area contributed by atoms with Crippen LogP contribution in [0.15, 0.2) is 0 Å². The summed E-state index contributed by atoms with van der Waals surface area (Å²) >= 11 is 4.54. The van der Waals surface area contributed by atoms with Crippen molar-refractivity contribution in [2.75, 3.05) is 6.54 Å². The average molecular weight is 221 g/mol. The van der Waals surface area contributed by atoms with Crippen LogP contribution in [-0.4, -0.2) is 23.6 Å². The molecule has 0 unspecified atom stereocenters. The van der Waals surface area contributed by atoms with Crippen LogP contribution in [0.4, 0.5) is 0 Å². The van der Waals surface area contributed by atoms with E-state index in [0.29, 0.717) is 24.4 Å². The molecule has 0 heterocycles. The molecule has 0 spiro atoms. The van der Waals surface area contributed by atoms with Gasteiger partial charge in [-0.2, -0.15) is 0 Å². The molecule has 84 valence electrons. The average Bonchev–Trinajstić information content (AvgIpc) is 1.99. The number of nitrogens with one attached hydrogen (secondary N) is 1. The largest absolute Gasteiger partial charge is 0.462 e. The molecule has 0 rings (SSSR count). The lowest BCUT2D eigenvalue weighted by Gasteiger charge is -2.14. The molecule has 0 bridgehead atoms. The topological polar surface area (TPSA) is 90.4 Å². The second kappa shape index (κ2) is 8.86. The summed E-state index contributed by atoms with van der Waals surface area (Å²) in [6.45, 7) is 6.58. The first-order valence-corrected chi connectivity index (χ1v) is 4.57. The molecule has 0 aliphatic rings. The van der Waals surface area contributed by atoms with E-state index in [2.05, 4.69) is 22.4 Å². The maximum Gasteiger partial charge on any atom is 0.293 e. The van der Waals surface area contributed by atoms with E-state index in [1.165, 1.54) is 0 Å². The van der Waals surface area contributed by atoms with Gasteiger partial charge in [0.2, 0.25) is 0 Å². The smallest absolute Gasteiger partial charge is 0.293 e. The van der Waals surface area contributed by atoms with Crippen LogP contribution in [-0.2, 0) is 9.53 Å². The first-order valence-electron chi connectivity index (χ1n) is 4.16. The molecule has 0 aromatic heterocycles. The van der Waals surface area contributed by atoms with Crippen molar-refractivity contribution >= 4 is 23.7 Å². The van der Waals surface area contributed by atoms with Crippen LogP contribution in [0.5, 0.6) is 0 Å². The van der Waals surface area contributed by atoms with Crippen LogP contribution >= 0.6 is 12.2 Å². The predicted molar refractivity (Wildman–Crippen MR) is 60.5 cm³/mol. The summed E-state index contributed by atoms with van der Waals surface area (Å²) in [6, 6.07) is 0. The minimum Gasteiger partial charge on any atom is -0.462 e. The molecule has 0 atom stereocenters. The quantitative estimate of drug-likeness (QED) is 0.270. The van der Waals surface area contributed by atoms with Gasteiger partial charge in [0, 0.05) is 13.0 Å². The number of hydrazine groups is 1. The van der Waals surface area contributed by atoms with Gasteiger partial charge in [-0.3, -0.25) is 16.1 Å². The minimum absolute atomic E-state index is 0.318.